The number of hydrogen-bond donors (Lipinski definition) is 2. The van der Waals surface area contributed by atoms with E-state index in [4.69, 9.17) is 9.47 Å². The molecule has 2 aromatic rings. The SMILES string of the molecule is COCC(=O)Nc1n[nH]c2c1CN(C(=O)OC(CN(C)C)c1ccccc1)C2(C)C. The standard InChI is InChI=1S/C21H29N5O4/c1-21(2)18-15(19(24-23-18)22-17(27)13-29-5)11-26(21)20(28)30-16(12-25(3)4)14-9-7-6-8-10-14/h6-10,16H,11-13H2,1-5H3,(H2,22,23,24,27). The van der Waals surface area contributed by atoms with E-state index in [-0.39, 0.29) is 19.1 Å². The Morgan fingerprint density at radius 1 is 1.30 bits per heavy atom. The number of aromatic amines is 1. The molecule has 3 rings (SSSR count). The molecular formula is C21H29N5O4. The summed E-state index contributed by atoms with van der Waals surface area (Å²) in [5, 5.41) is 9.88. The number of nitrogens with zero attached hydrogens (tertiary/aromatic N) is 3. The maximum atomic E-state index is 13.2. The maximum Gasteiger partial charge on any atom is 0.411 e. The normalized spacial score (nSPS) is 15.7. The number of anilines is 1. The van der Waals surface area contributed by atoms with E-state index < -0.39 is 17.7 Å². The van der Waals surface area contributed by atoms with Gasteiger partial charge in [0.05, 0.1) is 17.8 Å². The van der Waals surface area contributed by atoms with Crippen molar-refractivity contribution in [1.82, 2.24) is 20.0 Å². The fourth-order valence-corrected chi connectivity index (χ4v) is 3.61. The van der Waals surface area contributed by atoms with Crippen LogP contribution in [0.2, 0.25) is 0 Å². The largest absolute Gasteiger partial charge is 0.440 e. The van der Waals surface area contributed by atoms with Crippen LogP contribution >= 0.6 is 0 Å². The number of ether oxygens (including phenoxy) is 2. The van der Waals surface area contributed by atoms with Crippen LogP contribution in [0, 0.1) is 0 Å². The number of carbonyl (C=O) groups is 2. The summed E-state index contributed by atoms with van der Waals surface area (Å²) in [5.74, 6) is 0.101. The van der Waals surface area contributed by atoms with Crippen molar-refractivity contribution in [3.05, 3.63) is 47.2 Å². The number of hydrogen-bond acceptors (Lipinski definition) is 6. The van der Waals surface area contributed by atoms with Crippen molar-refractivity contribution >= 4 is 17.8 Å². The van der Waals surface area contributed by atoms with E-state index in [1.165, 1.54) is 7.11 Å². The van der Waals surface area contributed by atoms with Gasteiger partial charge in [-0.05, 0) is 33.5 Å². The van der Waals surface area contributed by atoms with Gasteiger partial charge in [-0.25, -0.2) is 4.79 Å². The molecular weight excluding hydrogens is 386 g/mol. The van der Waals surface area contributed by atoms with Gasteiger partial charge in [-0.3, -0.25) is 14.8 Å². The monoisotopic (exact) mass is 415 g/mol. The summed E-state index contributed by atoms with van der Waals surface area (Å²) < 4.78 is 10.8. The molecule has 0 saturated heterocycles. The molecule has 1 aliphatic rings. The van der Waals surface area contributed by atoms with Crippen molar-refractivity contribution in [2.45, 2.75) is 32.0 Å². The smallest absolute Gasteiger partial charge is 0.411 e. The molecule has 1 unspecified atom stereocenters. The number of H-pyrrole nitrogens is 1. The summed E-state index contributed by atoms with van der Waals surface area (Å²) >= 11 is 0. The lowest BCUT2D eigenvalue weighted by Crippen LogP contribution is -2.42. The number of likely N-dealkylation sites (N-methyl/N-ethyl adjacent to an activating group) is 1. The third-order valence-corrected chi connectivity index (χ3v) is 5.17. The first-order valence-corrected chi connectivity index (χ1v) is 9.78. The molecule has 1 aromatic heterocycles. The first-order valence-electron chi connectivity index (χ1n) is 9.78. The second kappa shape index (κ2) is 8.85. The highest BCUT2D eigenvalue weighted by Gasteiger charge is 2.45. The van der Waals surface area contributed by atoms with Gasteiger partial charge in [-0.1, -0.05) is 30.3 Å². The number of aromatic nitrogens is 2. The summed E-state index contributed by atoms with van der Waals surface area (Å²) in [7, 11) is 5.33. The number of benzene rings is 1. The number of methoxy groups -OCH3 is 1. The molecule has 2 amide bonds. The predicted molar refractivity (Wildman–Crippen MR) is 112 cm³/mol. The highest BCUT2D eigenvalue weighted by Crippen LogP contribution is 2.41. The lowest BCUT2D eigenvalue weighted by molar-refractivity contribution is -0.119. The van der Waals surface area contributed by atoms with Gasteiger partial charge >= 0.3 is 6.09 Å². The highest BCUT2D eigenvalue weighted by molar-refractivity contribution is 5.91. The molecule has 0 fully saturated rings. The molecule has 30 heavy (non-hydrogen) atoms. The second-order valence-corrected chi connectivity index (χ2v) is 8.10. The third-order valence-electron chi connectivity index (χ3n) is 5.17. The number of nitrogens with one attached hydrogen (secondary N) is 2. The Balaban J connectivity index is 1.78. The van der Waals surface area contributed by atoms with Gasteiger partial charge in [-0.2, -0.15) is 5.10 Å². The minimum atomic E-state index is -0.664. The molecule has 2 N–H and O–H groups in total. The molecule has 1 aromatic carbocycles. The van der Waals surface area contributed by atoms with E-state index >= 15 is 0 Å². The van der Waals surface area contributed by atoms with Crippen LogP contribution in [0.15, 0.2) is 30.3 Å². The summed E-state index contributed by atoms with van der Waals surface area (Å²) in [5.41, 5.74) is 1.81. The first kappa shape index (κ1) is 21.8. The lowest BCUT2D eigenvalue weighted by Gasteiger charge is -2.33. The third kappa shape index (κ3) is 4.47. The van der Waals surface area contributed by atoms with Gasteiger partial charge in [0, 0.05) is 19.2 Å². The van der Waals surface area contributed by atoms with Crippen LogP contribution in [0.5, 0.6) is 0 Å². The molecule has 162 valence electrons. The highest BCUT2D eigenvalue weighted by atomic mass is 16.6. The Morgan fingerprint density at radius 3 is 2.63 bits per heavy atom. The van der Waals surface area contributed by atoms with Crippen molar-refractivity contribution in [3.63, 3.8) is 0 Å². The van der Waals surface area contributed by atoms with Crippen LogP contribution in [0.4, 0.5) is 10.6 Å². The Labute approximate surface area is 176 Å². The van der Waals surface area contributed by atoms with Gasteiger partial charge in [-0.15, -0.1) is 0 Å². The van der Waals surface area contributed by atoms with E-state index in [9.17, 15) is 9.59 Å². The Morgan fingerprint density at radius 2 is 2.00 bits per heavy atom. The fourth-order valence-electron chi connectivity index (χ4n) is 3.61. The summed E-state index contributed by atoms with van der Waals surface area (Å²) in [6.45, 7) is 4.62. The van der Waals surface area contributed by atoms with E-state index in [2.05, 4.69) is 15.5 Å². The second-order valence-electron chi connectivity index (χ2n) is 8.10. The Bertz CT molecular complexity index is 894. The average molecular weight is 415 g/mol. The lowest BCUT2D eigenvalue weighted by atomic mass is 10.0. The zero-order valence-corrected chi connectivity index (χ0v) is 18.1. The number of carbonyl (C=O) groups excluding carboxylic acids is 2. The fraction of sp³-hybridized carbons (Fsp3) is 0.476. The van der Waals surface area contributed by atoms with Crippen molar-refractivity contribution in [2.24, 2.45) is 0 Å². The maximum absolute atomic E-state index is 13.2. The minimum Gasteiger partial charge on any atom is -0.440 e. The van der Waals surface area contributed by atoms with Crippen LogP contribution in [0.3, 0.4) is 0 Å². The Hall–Kier alpha value is -2.91. The molecule has 2 heterocycles. The Kier molecular flexibility index (Phi) is 6.42. The van der Waals surface area contributed by atoms with Crippen LogP contribution in [0.1, 0.15) is 36.8 Å². The average Bonchev–Trinajstić information content (AvgIpc) is 3.20. The zero-order chi connectivity index (χ0) is 21.9. The van der Waals surface area contributed by atoms with Gasteiger partial charge in [0.2, 0.25) is 0 Å². The predicted octanol–water partition coefficient (Wildman–Crippen LogP) is 2.48. The molecule has 9 nitrogen and oxygen atoms in total. The van der Waals surface area contributed by atoms with Crippen molar-refractivity contribution < 1.29 is 19.1 Å². The molecule has 0 spiro atoms. The summed E-state index contributed by atoms with van der Waals surface area (Å²) in [6, 6.07) is 9.69. The van der Waals surface area contributed by atoms with Crippen LogP contribution < -0.4 is 5.32 Å². The van der Waals surface area contributed by atoms with E-state index in [1.807, 2.05) is 63.2 Å². The first-order chi connectivity index (χ1) is 14.2. The summed E-state index contributed by atoms with van der Waals surface area (Å²) in [6.07, 6.45) is -0.822. The number of rotatable bonds is 7. The van der Waals surface area contributed by atoms with E-state index in [1.54, 1.807) is 4.90 Å². The van der Waals surface area contributed by atoms with Gasteiger partial charge in [0.15, 0.2) is 5.82 Å². The molecule has 1 atom stereocenters. The quantitative estimate of drug-likeness (QED) is 0.721. The number of fused-ring (bicyclic) bond motifs is 1. The zero-order valence-electron chi connectivity index (χ0n) is 18.1. The molecule has 0 saturated carbocycles. The molecule has 0 aliphatic carbocycles. The molecule has 9 heteroatoms. The van der Waals surface area contributed by atoms with Crippen LogP contribution in [-0.4, -0.2) is 66.4 Å². The number of amides is 2. The summed E-state index contributed by atoms with van der Waals surface area (Å²) in [4.78, 5) is 28.7. The molecule has 0 radical (unpaired) electrons. The van der Waals surface area contributed by atoms with Gasteiger partial charge < -0.3 is 19.7 Å². The van der Waals surface area contributed by atoms with Crippen molar-refractivity contribution in [1.29, 1.82) is 0 Å². The minimum absolute atomic E-state index is 0.0694. The van der Waals surface area contributed by atoms with Gasteiger partial charge in [0.25, 0.3) is 5.91 Å². The molecule has 0 bridgehead atoms. The van der Waals surface area contributed by atoms with Gasteiger partial charge in [0.1, 0.15) is 12.7 Å². The molecule has 1 aliphatic heterocycles. The van der Waals surface area contributed by atoms with E-state index in [0.29, 0.717) is 12.4 Å². The van der Waals surface area contributed by atoms with Crippen molar-refractivity contribution in [2.75, 3.05) is 39.7 Å². The topological polar surface area (TPSA) is 99.8 Å². The van der Waals surface area contributed by atoms with Crippen LogP contribution in [-0.2, 0) is 26.4 Å². The van der Waals surface area contributed by atoms with Crippen LogP contribution in [0.25, 0.3) is 0 Å². The van der Waals surface area contributed by atoms with E-state index in [0.717, 1.165) is 16.8 Å². The van der Waals surface area contributed by atoms with Crippen molar-refractivity contribution in [3.8, 4) is 0 Å².